The molecule has 1 amide bonds. The minimum atomic E-state index is -0.541. The molecule has 1 N–H and O–H groups in total. The number of carbonyl (C=O) groups is 1. The standard InChI is InChI=1S/C24H19FN6O/c1-16-27-28-29-31(16)18-11-12-21(25)22(13-18)26-24(32)20-15-30(14-17-7-3-2-4-8-17)23-10-6-5-9-19(20)23/h2-13,15H,14H2,1H3,(H,26,32). The van der Waals surface area contributed by atoms with Crippen molar-refractivity contribution in [3.63, 3.8) is 0 Å². The van der Waals surface area contributed by atoms with Crippen LogP contribution >= 0.6 is 0 Å². The van der Waals surface area contributed by atoms with Crippen LogP contribution in [0.15, 0.2) is 79.0 Å². The van der Waals surface area contributed by atoms with Gasteiger partial charge in [0.2, 0.25) is 0 Å². The maximum atomic E-state index is 14.5. The lowest BCUT2D eigenvalue weighted by Gasteiger charge is -2.09. The molecule has 5 aromatic rings. The lowest BCUT2D eigenvalue weighted by atomic mass is 10.1. The zero-order valence-corrected chi connectivity index (χ0v) is 17.2. The van der Waals surface area contributed by atoms with Crippen LogP contribution in [0.25, 0.3) is 16.6 Å². The Hall–Kier alpha value is -4.33. The Morgan fingerprint density at radius 2 is 1.81 bits per heavy atom. The fourth-order valence-electron chi connectivity index (χ4n) is 3.74. The van der Waals surface area contributed by atoms with Gasteiger partial charge in [-0.3, -0.25) is 4.79 Å². The summed E-state index contributed by atoms with van der Waals surface area (Å²) in [6, 6.07) is 22.0. The van der Waals surface area contributed by atoms with Crippen LogP contribution in [0.5, 0.6) is 0 Å². The zero-order valence-electron chi connectivity index (χ0n) is 17.2. The molecule has 5 rings (SSSR count). The van der Waals surface area contributed by atoms with E-state index >= 15 is 0 Å². The molecule has 8 heteroatoms. The van der Waals surface area contributed by atoms with E-state index in [1.807, 2.05) is 59.2 Å². The van der Waals surface area contributed by atoms with Gasteiger partial charge in [-0.05, 0) is 47.2 Å². The Morgan fingerprint density at radius 1 is 1.03 bits per heavy atom. The Kier molecular flexibility index (Phi) is 4.95. The van der Waals surface area contributed by atoms with E-state index in [0.717, 1.165) is 16.5 Å². The lowest BCUT2D eigenvalue weighted by Crippen LogP contribution is -2.13. The van der Waals surface area contributed by atoms with Crippen molar-refractivity contribution in [2.24, 2.45) is 0 Å². The number of fused-ring (bicyclic) bond motifs is 1. The molecule has 0 saturated heterocycles. The van der Waals surface area contributed by atoms with Crippen LogP contribution < -0.4 is 5.32 Å². The normalized spacial score (nSPS) is 11.1. The average Bonchev–Trinajstić information content (AvgIpc) is 3.40. The number of carbonyl (C=O) groups excluding carboxylic acids is 1. The molecule has 0 radical (unpaired) electrons. The molecule has 3 aromatic carbocycles. The van der Waals surface area contributed by atoms with E-state index in [0.29, 0.717) is 23.6 Å². The van der Waals surface area contributed by atoms with Gasteiger partial charge in [-0.15, -0.1) is 5.10 Å². The number of rotatable bonds is 5. The third kappa shape index (κ3) is 3.62. The summed E-state index contributed by atoms with van der Waals surface area (Å²) >= 11 is 0. The molecule has 0 saturated carbocycles. The summed E-state index contributed by atoms with van der Waals surface area (Å²) in [7, 11) is 0. The van der Waals surface area contributed by atoms with Crippen LogP contribution in [0.1, 0.15) is 21.7 Å². The van der Waals surface area contributed by atoms with E-state index in [4.69, 9.17) is 0 Å². The number of benzene rings is 3. The lowest BCUT2D eigenvalue weighted by molar-refractivity contribution is 0.102. The maximum Gasteiger partial charge on any atom is 0.257 e. The number of amides is 1. The first-order valence-corrected chi connectivity index (χ1v) is 10.1. The smallest absolute Gasteiger partial charge is 0.257 e. The van der Waals surface area contributed by atoms with Gasteiger partial charge in [0.15, 0.2) is 5.82 Å². The summed E-state index contributed by atoms with van der Waals surface area (Å²) in [5.74, 6) is -0.379. The molecule has 0 aliphatic rings. The quantitative estimate of drug-likeness (QED) is 0.453. The summed E-state index contributed by atoms with van der Waals surface area (Å²) < 4.78 is 18.0. The average molecular weight is 426 g/mol. The summed E-state index contributed by atoms with van der Waals surface area (Å²) in [6.07, 6.45) is 1.81. The number of hydrogen-bond acceptors (Lipinski definition) is 4. The largest absolute Gasteiger partial charge is 0.342 e. The second-order valence-corrected chi connectivity index (χ2v) is 7.43. The third-order valence-corrected chi connectivity index (χ3v) is 5.30. The summed E-state index contributed by atoms with van der Waals surface area (Å²) in [5.41, 5.74) is 3.13. The fourth-order valence-corrected chi connectivity index (χ4v) is 3.74. The topological polar surface area (TPSA) is 77.6 Å². The van der Waals surface area contributed by atoms with Gasteiger partial charge in [-0.1, -0.05) is 48.5 Å². The Morgan fingerprint density at radius 3 is 2.59 bits per heavy atom. The van der Waals surface area contributed by atoms with Crippen LogP contribution in [0.2, 0.25) is 0 Å². The van der Waals surface area contributed by atoms with E-state index in [-0.39, 0.29) is 5.69 Å². The second kappa shape index (κ2) is 8.07. The van der Waals surface area contributed by atoms with Gasteiger partial charge in [0, 0.05) is 23.6 Å². The molecule has 0 unspecified atom stereocenters. The van der Waals surface area contributed by atoms with Crippen LogP contribution in [-0.2, 0) is 6.54 Å². The first kappa shape index (κ1) is 19.6. The van der Waals surface area contributed by atoms with Crippen molar-refractivity contribution in [3.05, 3.63) is 102 Å². The highest BCUT2D eigenvalue weighted by atomic mass is 19.1. The molecular weight excluding hydrogens is 407 g/mol. The van der Waals surface area contributed by atoms with Crippen molar-refractivity contribution in [2.45, 2.75) is 13.5 Å². The van der Waals surface area contributed by atoms with E-state index in [9.17, 15) is 9.18 Å². The third-order valence-electron chi connectivity index (χ3n) is 5.30. The molecule has 0 spiro atoms. The highest BCUT2D eigenvalue weighted by Crippen LogP contribution is 2.25. The number of halogens is 1. The minimum Gasteiger partial charge on any atom is -0.342 e. The Balaban J connectivity index is 1.49. The van der Waals surface area contributed by atoms with Crippen molar-refractivity contribution in [1.82, 2.24) is 24.8 Å². The van der Waals surface area contributed by atoms with Crippen molar-refractivity contribution >= 4 is 22.5 Å². The van der Waals surface area contributed by atoms with Crippen molar-refractivity contribution in [2.75, 3.05) is 5.32 Å². The zero-order chi connectivity index (χ0) is 22.1. The summed E-state index contributed by atoms with van der Waals surface area (Å²) in [5, 5.41) is 14.9. The number of tetrazole rings is 1. The summed E-state index contributed by atoms with van der Waals surface area (Å²) in [4.78, 5) is 13.2. The molecule has 2 aromatic heterocycles. The predicted octanol–water partition coefficient (Wildman–Crippen LogP) is 4.37. The maximum absolute atomic E-state index is 14.5. The number of anilines is 1. The second-order valence-electron chi connectivity index (χ2n) is 7.43. The van der Waals surface area contributed by atoms with Crippen LogP contribution in [0.3, 0.4) is 0 Å². The highest BCUT2D eigenvalue weighted by molar-refractivity contribution is 6.13. The molecule has 0 atom stereocenters. The van der Waals surface area contributed by atoms with Crippen LogP contribution in [0, 0.1) is 12.7 Å². The molecule has 32 heavy (non-hydrogen) atoms. The molecular formula is C24H19FN6O. The number of nitrogens with zero attached hydrogens (tertiary/aromatic N) is 5. The SMILES string of the molecule is Cc1nnnn1-c1ccc(F)c(NC(=O)c2cn(Cc3ccccc3)c3ccccc23)c1. The number of nitrogens with one attached hydrogen (secondary N) is 1. The molecule has 7 nitrogen and oxygen atoms in total. The molecule has 0 aliphatic carbocycles. The fraction of sp³-hybridized carbons (Fsp3) is 0.0833. The van der Waals surface area contributed by atoms with Gasteiger partial charge >= 0.3 is 0 Å². The Labute approximate surface area is 183 Å². The monoisotopic (exact) mass is 426 g/mol. The van der Waals surface area contributed by atoms with E-state index in [2.05, 4.69) is 20.8 Å². The minimum absolute atomic E-state index is 0.0577. The number of para-hydroxylation sites is 1. The molecule has 2 heterocycles. The van der Waals surface area contributed by atoms with Crippen molar-refractivity contribution in [1.29, 1.82) is 0 Å². The molecule has 0 fully saturated rings. The predicted molar refractivity (Wildman–Crippen MR) is 119 cm³/mol. The Bertz CT molecular complexity index is 1420. The van der Waals surface area contributed by atoms with Gasteiger partial charge in [-0.25, -0.2) is 4.39 Å². The van der Waals surface area contributed by atoms with Crippen LogP contribution in [0.4, 0.5) is 10.1 Å². The van der Waals surface area contributed by atoms with Crippen molar-refractivity contribution in [3.8, 4) is 5.69 Å². The van der Waals surface area contributed by atoms with Gasteiger partial charge in [-0.2, -0.15) is 4.68 Å². The first-order valence-electron chi connectivity index (χ1n) is 10.1. The van der Waals surface area contributed by atoms with E-state index in [1.54, 1.807) is 19.2 Å². The molecule has 158 valence electrons. The highest BCUT2D eigenvalue weighted by Gasteiger charge is 2.17. The van der Waals surface area contributed by atoms with E-state index < -0.39 is 11.7 Å². The van der Waals surface area contributed by atoms with Gasteiger partial charge < -0.3 is 9.88 Å². The van der Waals surface area contributed by atoms with Crippen molar-refractivity contribution < 1.29 is 9.18 Å². The summed E-state index contributed by atoms with van der Waals surface area (Å²) in [6.45, 7) is 2.36. The first-order chi connectivity index (χ1) is 15.6. The van der Waals surface area contributed by atoms with Gasteiger partial charge in [0.1, 0.15) is 5.82 Å². The molecule has 0 aliphatic heterocycles. The molecule has 0 bridgehead atoms. The van der Waals surface area contributed by atoms with E-state index in [1.165, 1.54) is 16.8 Å². The number of hydrogen-bond donors (Lipinski definition) is 1. The number of aromatic nitrogens is 5. The van der Waals surface area contributed by atoms with Gasteiger partial charge in [0.25, 0.3) is 5.91 Å². The number of aryl methyl sites for hydroxylation is 1. The van der Waals surface area contributed by atoms with Crippen LogP contribution in [-0.4, -0.2) is 30.7 Å². The van der Waals surface area contributed by atoms with Gasteiger partial charge in [0.05, 0.1) is 16.9 Å².